The summed E-state index contributed by atoms with van der Waals surface area (Å²) in [7, 11) is 0. The van der Waals surface area contributed by atoms with Crippen LogP contribution in [0.1, 0.15) is 13.3 Å². The maximum atomic E-state index is 11.5. The number of nitrogens with zero attached hydrogens (tertiary/aromatic N) is 2. The number of hydrogen-bond donors (Lipinski definition) is 0. The molecule has 7 heteroatoms. The van der Waals surface area contributed by atoms with Gasteiger partial charge in [0.1, 0.15) is 16.2 Å². The Labute approximate surface area is 156 Å². The van der Waals surface area contributed by atoms with E-state index in [9.17, 15) is 4.79 Å². The summed E-state index contributed by atoms with van der Waals surface area (Å²) in [6, 6.07) is 8.20. The largest absolute Gasteiger partial charge is 0.466 e. The minimum Gasteiger partial charge on any atom is -0.466 e. The van der Waals surface area contributed by atoms with Crippen LogP contribution in [0.25, 0.3) is 21.3 Å². The second kappa shape index (κ2) is 8.09. The van der Waals surface area contributed by atoms with Crippen LogP contribution in [0.3, 0.4) is 0 Å². The van der Waals surface area contributed by atoms with Gasteiger partial charge in [-0.2, -0.15) is 0 Å². The minimum atomic E-state index is -0.172. The molecule has 3 aromatic rings. The fraction of sp³-hybridized carbons (Fsp3) is 0.235. The van der Waals surface area contributed by atoms with Gasteiger partial charge in [-0.05, 0) is 24.6 Å². The van der Waals surface area contributed by atoms with Crippen LogP contribution in [0.2, 0.25) is 0 Å². The number of benzene rings is 1. The predicted octanol–water partition coefficient (Wildman–Crippen LogP) is 5.17. The van der Waals surface area contributed by atoms with Gasteiger partial charge in [0.25, 0.3) is 0 Å². The standard InChI is InChI=1S/C17H15BrN2O2S2/c1-2-22-14(21)7-8-23-16-15-13(9-24-17(15)20-10-19-16)11-3-5-12(18)6-4-11/h3-6,9-10H,2,7-8H2,1H3. The molecule has 2 aromatic heterocycles. The van der Waals surface area contributed by atoms with E-state index in [1.165, 1.54) is 0 Å². The molecule has 24 heavy (non-hydrogen) atoms. The fourth-order valence-electron chi connectivity index (χ4n) is 2.26. The third-order valence-electron chi connectivity index (χ3n) is 3.34. The lowest BCUT2D eigenvalue weighted by atomic mass is 10.1. The van der Waals surface area contributed by atoms with Crippen molar-refractivity contribution < 1.29 is 9.53 Å². The number of rotatable bonds is 6. The lowest BCUT2D eigenvalue weighted by Gasteiger charge is -2.05. The average molecular weight is 423 g/mol. The monoisotopic (exact) mass is 422 g/mol. The van der Waals surface area contributed by atoms with E-state index in [-0.39, 0.29) is 5.97 Å². The Hall–Kier alpha value is -1.44. The number of hydrogen-bond acceptors (Lipinski definition) is 6. The number of carbonyl (C=O) groups is 1. The predicted molar refractivity (Wildman–Crippen MR) is 103 cm³/mol. The van der Waals surface area contributed by atoms with E-state index in [0.29, 0.717) is 18.8 Å². The molecule has 0 atom stereocenters. The number of fused-ring (bicyclic) bond motifs is 1. The van der Waals surface area contributed by atoms with Gasteiger partial charge in [0.15, 0.2) is 0 Å². The summed E-state index contributed by atoms with van der Waals surface area (Å²) < 4.78 is 6.02. The number of esters is 1. The van der Waals surface area contributed by atoms with Gasteiger partial charge < -0.3 is 4.74 Å². The van der Waals surface area contributed by atoms with Crippen LogP contribution in [0.4, 0.5) is 0 Å². The Morgan fingerprint density at radius 1 is 1.29 bits per heavy atom. The average Bonchev–Trinajstić information content (AvgIpc) is 3.01. The quantitative estimate of drug-likeness (QED) is 0.311. The van der Waals surface area contributed by atoms with Gasteiger partial charge in [-0.1, -0.05) is 28.1 Å². The summed E-state index contributed by atoms with van der Waals surface area (Å²) in [5.41, 5.74) is 2.26. The highest BCUT2D eigenvalue weighted by Gasteiger charge is 2.14. The van der Waals surface area contributed by atoms with Crippen molar-refractivity contribution in [1.29, 1.82) is 0 Å². The van der Waals surface area contributed by atoms with Crippen molar-refractivity contribution >= 4 is 55.2 Å². The first-order valence-electron chi connectivity index (χ1n) is 7.45. The van der Waals surface area contributed by atoms with Crippen molar-refractivity contribution in [3.8, 4) is 11.1 Å². The van der Waals surface area contributed by atoms with Crippen molar-refractivity contribution in [2.24, 2.45) is 0 Å². The Morgan fingerprint density at radius 2 is 2.08 bits per heavy atom. The molecule has 0 fully saturated rings. The molecule has 0 saturated heterocycles. The molecule has 0 aliphatic carbocycles. The molecule has 0 N–H and O–H groups in total. The highest BCUT2D eigenvalue weighted by Crippen LogP contribution is 2.38. The number of ether oxygens (including phenoxy) is 1. The number of halogens is 1. The topological polar surface area (TPSA) is 52.1 Å². The SMILES string of the molecule is CCOC(=O)CCSc1ncnc2scc(-c3ccc(Br)cc3)c12. The molecular formula is C17H15BrN2O2S2. The molecule has 2 heterocycles. The molecule has 0 spiro atoms. The van der Waals surface area contributed by atoms with E-state index >= 15 is 0 Å². The van der Waals surface area contributed by atoms with Crippen LogP contribution in [0.15, 0.2) is 45.5 Å². The molecular weight excluding hydrogens is 408 g/mol. The van der Waals surface area contributed by atoms with Crippen LogP contribution in [-0.2, 0) is 9.53 Å². The fourth-order valence-corrected chi connectivity index (χ4v) is 4.44. The third-order valence-corrected chi connectivity index (χ3v) is 5.75. The minimum absolute atomic E-state index is 0.172. The molecule has 0 unspecified atom stereocenters. The van der Waals surface area contributed by atoms with Gasteiger partial charge in [-0.15, -0.1) is 23.1 Å². The van der Waals surface area contributed by atoms with E-state index < -0.39 is 0 Å². The Morgan fingerprint density at radius 3 is 2.83 bits per heavy atom. The van der Waals surface area contributed by atoms with E-state index in [1.807, 2.05) is 19.1 Å². The number of thiophene rings is 1. The van der Waals surface area contributed by atoms with Gasteiger partial charge in [-0.25, -0.2) is 9.97 Å². The second-order valence-electron chi connectivity index (χ2n) is 4.92. The van der Waals surface area contributed by atoms with Gasteiger partial charge >= 0.3 is 5.97 Å². The maximum Gasteiger partial charge on any atom is 0.306 e. The highest BCUT2D eigenvalue weighted by atomic mass is 79.9. The molecule has 1 aromatic carbocycles. The van der Waals surface area contributed by atoms with Gasteiger partial charge in [0.05, 0.1) is 18.4 Å². The summed E-state index contributed by atoms with van der Waals surface area (Å²) in [5.74, 6) is 0.467. The summed E-state index contributed by atoms with van der Waals surface area (Å²) >= 11 is 6.64. The number of carbonyl (C=O) groups excluding carboxylic acids is 1. The smallest absolute Gasteiger partial charge is 0.306 e. The Kier molecular flexibility index (Phi) is 5.86. The first-order chi connectivity index (χ1) is 11.7. The van der Waals surface area contributed by atoms with E-state index in [1.54, 1.807) is 29.4 Å². The normalized spacial score (nSPS) is 10.9. The highest BCUT2D eigenvalue weighted by molar-refractivity contribution is 9.10. The zero-order valence-electron chi connectivity index (χ0n) is 13.0. The zero-order chi connectivity index (χ0) is 16.9. The Bertz CT molecular complexity index is 849. The summed E-state index contributed by atoms with van der Waals surface area (Å²) in [5, 5.41) is 4.07. The summed E-state index contributed by atoms with van der Waals surface area (Å²) in [6.45, 7) is 2.23. The molecule has 4 nitrogen and oxygen atoms in total. The number of thioether (sulfide) groups is 1. The second-order valence-corrected chi connectivity index (χ2v) is 7.78. The van der Waals surface area contributed by atoms with Crippen molar-refractivity contribution in [2.45, 2.75) is 18.4 Å². The molecule has 0 aliphatic heterocycles. The van der Waals surface area contributed by atoms with Crippen LogP contribution >= 0.6 is 39.0 Å². The Balaban J connectivity index is 1.87. The van der Waals surface area contributed by atoms with Crippen molar-refractivity contribution in [2.75, 3.05) is 12.4 Å². The molecule has 124 valence electrons. The van der Waals surface area contributed by atoms with E-state index in [2.05, 4.69) is 43.4 Å². The van der Waals surface area contributed by atoms with Gasteiger partial charge in [0, 0.05) is 21.2 Å². The van der Waals surface area contributed by atoms with E-state index in [4.69, 9.17) is 4.74 Å². The van der Waals surface area contributed by atoms with Crippen LogP contribution in [0, 0.1) is 0 Å². The van der Waals surface area contributed by atoms with Crippen molar-refractivity contribution in [1.82, 2.24) is 9.97 Å². The van der Waals surface area contributed by atoms with Crippen molar-refractivity contribution in [3.05, 3.63) is 40.4 Å². The summed E-state index contributed by atoms with van der Waals surface area (Å²) in [4.78, 5) is 21.3. The third kappa shape index (κ3) is 3.96. The summed E-state index contributed by atoms with van der Waals surface area (Å²) in [6.07, 6.45) is 1.96. The molecule has 0 amide bonds. The lowest BCUT2D eigenvalue weighted by molar-refractivity contribution is -0.142. The van der Waals surface area contributed by atoms with Crippen molar-refractivity contribution in [3.63, 3.8) is 0 Å². The maximum absolute atomic E-state index is 11.5. The number of aromatic nitrogens is 2. The molecule has 0 bridgehead atoms. The first kappa shape index (κ1) is 17.4. The molecule has 0 radical (unpaired) electrons. The van der Waals surface area contributed by atoms with Crippen LogP contribution < -0.4 is 0 Å². The zero-order valence-corrected chi connectivity index (χ0v) is 16.2. The van der Waals surface area contributed by atoms with Gasteiger partial charge in [0.2, 0.25) is 0 Å². The van der Waals surface area contributed by atoms with Crippen LogP contribution in [-0.4, -0.2) is 28.3 Å². The van der Waals surface area contributed by atoms with Crippen LogP contribution in [0.5, 0.6) is 0 Å². The van der Waals surface area contributed by atoms with E-state index in [0.717, 1.165) is 30.8 Å². The molecule has 3 rings (SSSR count). The lowest BCUT2D eigenvalue weighted by Crippen LogP contribution is -2.04. The molecule has 0 saturated carbocycles. The molecule has 0 aliphatic rings. The first-order valence-corrected chi connectivity index (χ1v) is 10.1. The van der Waals surface area contributed by atoms with Gasteiger partial charge in [-0.3, -0.25) is 4.79 Å².